The zero-order valence-corrected chi connectivity index (χ0v) is 36.2. The molecule has 15 nitrogen and oxygen atoms in total. The van der Waals surface area contributed by atoms with Crippen LogP contribution < -0.4 is 35.8 Å². The number of fused-ring (bicyclic) bond motifs is 1. The number of benzene rings is 3. The van der Waals surface area contributed by atoms with Gasteiger partial charge in [-0.05, 0) is 75.4 Å². The van der Waals surface area contributed by atoms with E-state index < -0.39 is 53.1 Å². The Bertz CT molecular complexity index is 2540. The van der Waals surface area contributed by atoms with Crippen molar-refractivity contribution >= 4 is 63.8 Å². The summed E-state index contributed by atoms with van der Waals surface area (Å²) in [4.78, 5) is 74.9. The highest BCUT2D eigenvalue weighted by atomic mass is 19.4. The number of nitrogens with zero attached hydrogens (tertiary/aromatic N) is 5. The van der Waals surface area contributed by atoms with Gasteiger partial charge in [0.15, 0.2) is 0 Å². The van der Waals surface area contributed by atoms with Gasteiger partial charge in [0, 0.05) is 82.3 Å². The fourth-order valence-corrected chi connectivity index (χ4v) is 9.51. The van der Waals surface area contributed by atoms with Gasteiger partial charge >= 0.3 is 6.18 Å². The van der Waals surface area contributed by atoms with Gasteiger partial charge in [-0.25, -0.2) is 9.37 Å². The van der Waals surface area contributed by atoms with Gasteiger partial charge < -0.3 is 30.5 Å². The van der Waals surface area contributed by atoms with Crippen LogP contribution in [0.5, 0.6) is 5.75 Å². The maximum absolute atomic E-state index is 15.8. The molecule has 3 unspecified atom stereocenters. The van der Waals surface area contributed by atoms with E-state index in [9.17, 15) is 37.1 Å². The van der Waals surface area contributed by atoms with Gasteiger partial charge in [-0.3, -0.25) is 39.1 Å². The van der Waals surface area contributed by atoms with E-state index in [0.717, 1.165) is 55.3 Å². The molecule has 65 heavy (non-hydrogen) atoms. The number of piperazine rings is 1. The summed E-state index contributed by atoms with van der Waals surface area (Å²) in [7, 11) is 2.95. The number of halogens is 4. The summed E-state index contributed by atoms with van der Waals surface area (Å²) in [5.41, 5.74) is 0.650. The maximum Gasteiger partial charge on any atom is 0.419 e. The SMILES string of the molecule is CNC(=O)c1ccccc1Nc1cc(Nc2ccc(N3CCC(CN4CC(C)N(c5cc6c(cc5F)C(=O)N(C5CCC(=O)NC5=O)C6=O)C(C)C4)CC3)cc2OC)ncc1C(F)(F)F. The molecule has 0 bridgehead atoms. The largest absolute Gasteiger partial charge is 0.494 e. The summed E-state index contributed by atoms with van der Waals surface area (Å²) in [5.74, 6) is -2.73. The fourth-order valence-electron chi connectivity index (χ4n) is 9.51. The van der Waals surface area contributed by atoms with Gasteiger partial charge in [0.2, 0.25) is 11.8 Å². The van der Waals surface area contributed by atoms with Crippen LogP contribution in [0.1, 0.15) is 76.2 Å². The number of alkyl halides is 3. The summed E-state index contributed by atoms with van der Waals surface area (Å²) in [6, 6.07) is 14.2. The van der Waals surface area contributed by atoms with E-state index >= 15 is 4.39 Å². The van der Waals surface area contributed by atoms with Crippen LogP contribution >= 0.6 is 0 Å². The van der Waals surface area contributed by atoms with E-state index in [4.69, 9.17) is 4.74 Å². The minimum atomic E-state index is -4.72. The fraction of sp³-hybridized carbons (Fsp3) is 0.391. The van der Waals surface area contributed by atoms with Crippen LogP contribution in [0.4, 0.5) is 51.8 Å². The van der Waals surface area contributed by atoms with Crippen molar-refractivity contribution in [2.75, 3.05) is 67.3 Å². The quantitative estimate of drug-likeness (QED) is 0.0980. The van der Waals surface area contributed by atoms with Crippen LogP contribution in [0, 0.1) is 11.7 Å². The molecule has 5 heterocycles. The van der Waals surface area contributed by atoms with Crippen molar-refractivity contribution in [3.8, 4) is 5.75 Å². The Kier molecular flexibility index (Phi) is 12.4. The van der Waals surface area contributed by atoms with Crippen LogP contribution in [0.3, 0.4) is 0 Å². The Balaban J connectivity index is 0.885. The number of carbonyl (C=O) groups excluding carboxylic acids is 5. The molecule has 3 saturated heterocycles. The van der Waals surface area contributed by atoms with E-state index in [2.05, 4.69) is 36.1 Å². The lowest BCUT2D eigenvalue weighted by Crippen LogP contribution is -2.58. The third-order valence-corrected chi connectivity index (χ3v) is 12.6. The molecule has 3 atom stereocenters. The first kappa shape index (κ1) is 44.8. The third kappa shape index (κ3) is 9.01. The van der Waals surface area contributed by atoms with E-state index in [-0.39, 0.29) is 64.5 Å². The number of methoxy groups -OCH3 is 1. The number of hydrogen-bond acceptors (Lipinski definition) is 12. The molecule has 4 aromatic rings. The van der Waals surface area contributed by atoms with Gasteiger partial charge in [-0.15, -0.1) is 0 Å². The number of para-hydroxylation sites is 1. The number of pyridine rings is 1. The van der Waals surface area contributed by atoms with E-state index in [1.54, 1.807) is 18.2 Å². The number of aromatic nitrogens is 1. The number of hydrogen-bond donors (Lipinski definition) is 4. The molecular formula is C46H49F4N9O6. The molecule has 3 fully saturated rings. The minimum absolute atomic E-state index is 0.0106. The highest BCUT2D eigenvalue weighted by Gasteiger charge is 2.46. The third-order valence-electron chi connectivity index (χ3n) is 12.6. The van der Waals surface area contributed by atoms with Crippen LogP contribution in [0.2, 0.25) is 0 Å². The molecule has 5 amide bonds. The lowest BCUT2D eigenvalue weighted by molar-refractivity contribution is -0.137. The van der Waals surface area contributed by atoms with Crippen LogP contribution in [-0.2, 0) is 15.8 Å². The van der Waals surface area contributed by atoms with Crippen molar-refractivity contribution in [2.24, 2.45) is 5.92 Å². The molecule has 0 radical (unpaired) electrons. The van der Waals surface area contributed by atoms with Crippen molar-refractivity contribution in [3.05, 3.63) is 94.9 Å². The first-order valence-corrected chi connectivity index (χ1v) is 21.5. The molecule has 4 N–H and O–H groups in total. The lowest BCUT2D eigenvalue weighted by Gasteiger charge is -2.47. The van der Waals surface area contributed by atoms with E-state index in [1.165, 1.54) is 38.4 Å². The average Bonchev–Trinajstić information content (AvgIpc) is 3.50. The van der Waals surface area contributed by atoms with Crippen LogP contribution in [0.25, 0.3) is 0 Å². The van der Waals surface area contributed by atoms with Gasteiger partial charge in [0.1, 0.15) is 23.4 Å². The van der Waals surface area contributed by atoms with Gasteiger partial charge in [0.25, 0.3) is 17.7 Å². The molecule has 3 aromatic carbocycles. The molecule has 0 spiro atoms. The summed E-state index contributed by atoms with van der Waals surface area (Å²) in [6.45, 7) is 7.71. The van der Waals surface area contributed by atoms with Crippen molar-refractivity contribution in [2.45, 2.75) is 63.8 Å². The van der Waals surface area contributed by atoms with E-state index in [0.29, 0.717) is 30.4 Å². The standard InChI is InChI=1S/C46H49F4N9O6/c1-25-22-56(23-26(2)58(25)38-19-31-30(18-33(38)47)44(63)59(45(31)64)37-11-12-41(60)55-43(37)62)24-27-13-15-57(16-14-27)28-9-10-35(39(17-28)65-4)54-40-20-36(32(21-52-40)46(48,49)50)53-34-8-6-5-7-29(34)42(61)51-3/h5-10,17-21,25-27,37H,11-16,22-24H2,1-4H3,(H,51,61)(H2,52,53,54)(H,55,60,62). The normalized spacial score (nSPS) is 20.7. The Morgan fingerprint density at radius 3 is 2.23 bits per heavy atom. The first-order valence-electron chi connectivity index (χ1n) is 21.5. The lowest BCUT2D eigenvalue weighted by atomic mass is 9.94. The van der Waals surface area contributed by atoms with E-state index in [1.807, 2.05) is 30.9 Å². The molecule has 8 rings (SSSR count). The first-order chi connectivity index (χ1) is 31.0. The predicted octanol–water partition coefficient (Wildman–Crippen LogP) is 6.31. The van der Waals surface area contributed by atoms with Gasteiger partial charge in [0.05, 0.1) is 52.1 Å². The van der Waals surface area contributed by atoms with Crippen molar-refractivity contribution in [1.82, 2.24) is 25.4 Å². The second kappa shape index (κ2) is 18.0. The Labute approximate surface area is 372 Å². The molecular weight excluding hydrogens is 851 g/mol. The monoisotopic (exact) mass is 899 g/mol. The Morgan fingerprint density at radius 1 is 0.877 bits per heavy atom. The number of imide groups is 2. The molecule has 1 aromatic heterocycles. The number of carbonyl (C=O) groups is 5. The number of piperidine rings is 2. The predicted molar refractivity (Wildman–Crippen MR) is 234 cm³/mol. The molecule has 342 valence electrons. The van der Waals surface area contributed by atoms with Gasteiger partial charge in [-0.2, -0.15) is 13.2 Å². The summed E-state index contributed by atoms with van der Waals surface area (Å²) < 4.78 is 63.8. The van der Waals surface area contributed by atoms with Crippen LogP contribution in [-0.4, -0.2) is 109 Å². The molecule has 0 aliphatic carbocycles. The summed E-state index contributed by atoms with van der Waals surface area (Å²) in [5, 5.41) is 10.5. The number of ether oxygens (including phenoxy) is 1. The maximum atomic E-state index is 15.8. The number of amides is 5. The topological polar surface area (TPSA) is 169 Å². The number of nitrogens with one attached hydrogen (secondary N) is 4. The number of rotatable bonds is 11. The van der Waals surface area contributed by atoms with Gasteiger partial charge in [-0.1, -0.05) is 12.1 Å². The number of anilines is 6. The smallest absolute Gasteiger partial charge is 0.419 e. The molecule has 19 heteroatoms. The summed E-state index contributed by atoms with van der Waals surface area (Å²) >= 11 is 0. The Hall–Kier alpha value is -6.76. The average molecular weight is 900 g/mol. The second-order valence-corrected chi connectivity index (χ2v) is 16.9. The highest BCUT2D eigenvalue weighted by Crippen LogP contribution is 2.40. The zero-order valence-electron chi connectivity index (χ0n) is 36.2. The van der Waals surface area contributed by atoms with Crippen LogP contribution in [0.15, 0.2) is 66.9 Å². The van der Waals surface area contributed by atoms with Crippen molar-refractivity contribution < 1.29 is 46.3 Å². The molecule has 0 saturated carbocycles. The minimum Gasteiger partial charge on any atom is -0.494 e. The highest BCUT2D eigenvalue weighted by molar-refractivity contribution is 6.23. The second-order valence-electron chi connectivity index (χ2n) is 16.9. The molecule has 4 aliphatic rings. The van der Waals surface area contributed by atoms with Crippen molar-refractivity contribution in [3.63, 3.8) is 0 Å². The Morgan fingerprint density at radius 2 is 1.57 bits per heavy atom. The molecule has 4 aliphatic heterocycles. The van der Waals surface area contributed by atoms with Crippen molar-refractivity contribution in [1.29, 1.82) is 0 Å². The zero-order chi connectivity index (χ0) is 46.3. The summed E-state index contributed by atoms with van der Waals surface area (Å²) in [6.07, 6.45) is -2.15.